The van der Waals surface area contributed by atoms with E-state index in [4.69, 9.17) is 0 Å². The minimum absolute atomic E-state index is 0.0543. The van der Waals surface area contributed by atoms with Crippen molar-refractivity contribution in [2.45, 2.75) is 224 Å². The van der Waals surface area contributed by atoms with Crippen molar-refractivity contribution in [3.8, 4) is 6.07 Å². The molecule has 21 nitrogen and oxygen atoms in total. The van der Waals surface area contributed by atoms with Crippen LogP contribution in [0.5, 0.6) is 0 Å². The number of nitrogens with zero attached hydrogens (tertiary/aromatic N) is 7. The zero-order chi connectivity index (χ0) is 78.8. The van der Waals surface area contributed by atoms with Crippen LogP contribution in [0.15, 0.2) is 97.6 Å². The van der Waals surface area contributed by atoms with Gasteiger partial charge in [-0.05, 0) is 194 Å². The van der Waals surface area contributed by atoms with Crippen LogP contribution in [0, 0.1) is 35.0 Å². The molecular weight excluding hydrogens is 1360 g/mol. The highest BCUT2D eigenvalue weighted by Crippen LogP contribution is 2.40. The Kier molecular flexibility index (Phi) is 29.8. The van der Waals surface area contributed by atoms with Gasteiger partial charge >= 0.3 is 0 Å². The summed E-state index contributed by atoms with van der Waals surface area (Å²) in [6, 6.07) is 16.5. The summed E-state index contributed by atoms with van der Waals surface area (Å²) in [6.45, 7) is 27.8. The lowest BCUT2D eigenvalue weighted by Crippen LogP contribution is -2.46. The van der Waals surface area contributed by atoms with Gasteiger partial charge in [-0.3, -0.25) is 57.5 Å². The van der Waals surface area contributed by atoms with Crippen molar-refractivity contribution < 1.29 is 57.5 Å². The number of hydrogen-bond acceptors (Lipinski definition) is 13. The summed E-state index contributed by atoms with van der Waals surface area (Å²) in [4.78, 5) is 169. The van der Waals surface area contributed by atoms with E-state index in [-0.39, 0.29) is 116 Å². The first-order valence-corrected chi connectivity index (χ1v) is 38.9. The Balaban J connectivity index is 0.745. The highest BCUT2D eigenvalue weighted by Gasteiger charge is 2.47. The maximum atomic E-state index is 14.5. The molecule has 4 aromatic carbocycles. The van der Waals surface area contributed by atoms with E-state index >= 15 is 0 Å². The maximum Gasteiger partial charge on any atom is 0.258 e. The predicted molar refractivity (Wildman–Crippen MR) is 419 cm³/mol. The second-order valence-corrected chi connectivity index (χ2v) is 29.1. The van der Waals surface area contributed by atoms with E-state index in [0.717, 1.165) is 66.8 Å². The monoisotopic (exact) mass is 1470 g/mol. The van der Waals surface area contributed by atoms with Gasteiger partial charge in [0.2, 0.25) is 35.4 Å². The predicted octanol–water partition coefficient (Wildman–Crippen LogP) is 12.0. The lowest BCUT2D eigenvalue weighted by Gasteiger charge is -2.30. The van der Waals surface area contributed by atoms with Crippen molar-refractivity contribution in [2.75, 3.05) is 45.8 Å². The number of imide groups is 4. The zero-order valence-electron chi connectivity index (χ0n) is 65.3. The second-order valence-electron chi connectivity index (χ2n) is 29.1. The summed E-state index contributed by atoms with van der Waals surface area (Å²) in [5.74, 6) is -5.47. The Morgan fingerprint density at radius 3 is 1.13 bits per heavy atom. The van der Waals surface area contributed by atoms with E-state index in [0.29, 0.717) is 132 Å². The molecule has 4 aliphatic heterocycles. The molecule has 4 aromatic rings. The molecule has 2 saturated heterocycles. The average molecular weight is 1470 g/mol. The molecule has 0 aliphatic carbocycles. The normalized spacial score (nSPS) is 16.9. The van der Waals surface area contributed by atoms with Crippen molar-refractivity contribution in [3.63, 3.8) is 0 Å². The quantitative estimate of drug-likeness (QED) is 0.0239. The standard InChI is InChI=1S/C87H109N9O12/c1-14-58(40-71(51-88)85(106)90-37-27-29-55(11)53-92(57(13)98)73-50-80(105)96(87(73)108)84-69(21-8)47-62(48-70(84)22-9)39-60-43-65(17-4)82(66(18-5)44-60)94-77(102)34-35-78(94)103)30-24-23-25-31-74(99)89-36-26-28-54(10)52-91(56(12)97)72-49-79(104)95(86(72)107)83-67(19-6)45-61(46-68(83)20-7)38-59-41-63(15-2)81(64(16-3)42-59)93-75(100)32-33-76(93)101/h14,23,25,32-35,41-48,54-55,58,71-73H,1,15-22,24,26-31,36-40,49-50,52-53H2,2-13H3,(H,89,99)(H,90,106)/b25-23+. The first-order chi connectivity index (χ1) is 51.7. The summed E-state index contributed by atoms with van der Waals surface area (Å²) >= 11 is 0. The maximum absolute atomic E-state index is 14.5. The van der Waals surface area contributed by atoms with Gasteiger partial charge in [0.25, 0.3) is 35.4 Å². The Hall–Kier alpha value is -10.2. The summed E-state index contributed by atoms with van der Waals surface area (Å²) in [5, 5.41) is 16.0. The molecule has 4 aliphatic rings. The average Bonchev–Trinajstić information content (AvgIpc) is 1.55. The molecule has 0 radical (unpaired) electrons. The Bertz CT molecular complexity index is 4150. The first-order valence-electron chi connectivity index (χ1n) is 38.9. The molecule has 12 amide bonds. The molecule has 6 atom stereocenters. The van der Waals surface area contributed by atoms with Crippen molar-refractivity contribution in [2.24, 2.45) is 23.7 Å². The van der Waals surface area contributed by atoms with Crippen LogP contribution in [-0.4, -0.2) is 119 Å². The molecule has 21 heteroatoms. The third-order valence-corrected chi connectivity index (χ3v) is 21.4. The molecule has 6 unspecified atom stereocenters. The van der Waals surface area contributed by atoms with E-state index < -0.39 is 35.7 Å². The van der Waals surface area contributed by atoms with Gasteiger partial charge < -0.3 is 20.4 Å². The molecule has 0 aromatic heterocycles. The number of benzene rings is 4. The van der Waals surface area contributed by atoms with Crippen LogP contribution in [0.2, 0.25) is 0 Å². The van der Waals surface area contributed by atoms with Gasteiger partial charge in [-0.25, -0.2) is 19.6 Å². The molecule has 2 fully saturated rings. The van der Waals surface area contributed by atoms with Crippen molar-refractivity contribution in [3.05, 3.63) is 164 Å². The highest BCUT2D eigenvalue weighted by molar-refractivity contribution is 6.30. The van der Waals surface area contributed by atoms with Crippen LogP contribution in [0.4, 0.5) is 22.7 Å². The zero-order valence-corrected chi connectivity index (χ0v) is 65.3. The Morgan fingerprint density at radius 2 is 0.824 bits per heavy atom. The Labute approximate surface area is 637 Å². The van der Waals surface area contributed by atoms with E-state index in [1.54, 1.807) is 12.2 Å². The molecule has 2 N–H and O–H groups in total. The Morgan fingerprint density at radius 1 is 0.500 bits per heavy atom. The number of allylic oxidation sites excluding steroid dienone is 2. The summed E-state index contributed by atoms with van der Waals surface area (Å²) < 4.78 is 0. The number of rotatable bonds is 39. The van der Waals surface area contributed by atoms with E-state index in [1.165, 1.54) is 67.6 Å². The minimum atomic E-state index is -0.984. The van der Waals surface area contributed by atoms with Crippen molar-refractivity contribution in [1.82, 2.24) is 20.4 Å². The number of nitrogens with one attached hydrogen (secondary N) is 2. The molecule has 574 valence electrons. The molecule has 0 saturated carbocycles. The largest absolute Gasteiger partial charge is 0.356 e. The molecule has 0 bridgehead atoms. The van der Waals surface area contributed by atoms with Crippen LogP contribution < -0.4 is 30.2 Å². The fraction of sp³-hybridized carbons (Fsp3) is 0.483. The van der Waals surface area contributed by atoms with E-state index in [2.05, 4.69) is 23.3 Å². The molecule has 8 rings (SSSR count). The SMILES string of the molecule is C=CC(CC/C=C/CC(=O)NCCCC(C)CN(C(C)=O)C1CC(=O)N(c2c(CC)cc(Cc3cc(CC)c(N4C(=O)C=CC4=O)c(CC)c3)cc2CC)C1=O)CC(C#N)C(=O)NCCCC(C)CN(C(C)=O)C1CC(=O)N(c2c(CC)cc(Cc3cc(CC)c(N4C(=O)C=CC4=O)c(CC)c3)cc2CC)C1=O. The van der Waals surface area contributed by atoms with Crippen molar-refractivity contribution in [1.29, 1.82) is 5.26 Å². The summed E-state index contributed by atoms with van der Waals surface area (Å²) in [7, 11) is 0. The van der Waals surface area contributed by atoms with Gasteiger partial charge in [-0.1, -0.05) is 136 Å². The molecule has 4 heterocycles. The highest BCUT2D eigenvalue weighted by atomic mass is 16.2. The van der Waals surface area contributed by atoms with Crippen molar-refractivity contribution >= 4 is 93.6 Å². The molecule has 0 spiro atoms. The minimum Gasteiger partial charge on any atom is -0.356 e. The number of aryl methyl sites for hydroxylation is 8. The smallest absolute Gasteiger partial charge is 0.258 e. The molecule has 108 heavy (non-hydrogen) atoms. The van der Waals surface area contributed by atoms with E-state index in [9.17, 15) is 62.8 Å². The van der Waals surface area contributed by atoms with Crippen LogP contribution in [0.3, 0.4) is 0 Å². The van der Waals surface area contributed by atoms with Gasteiger partial charge in [0.05, 0.1) is 41.7 Å². The van der Waals surface area contributed by atoms with Gasteiger partial charge in [-0.2, -0.15) is 5.26 Å². The third kappa shape index (κ3) is 19.5. The van der Waals surface area contributed by atoms with Crippen LogP contribution in [0.25, 0.3) is 0 Å². The topological polar surface area (TPSA) is 272 Å². The lowest BCUT2D eigenvalue weighted by molar-refractivity contribution is -0.137. The fourth-order valence-corrected chi connectivity index (χ4v) is 15.8. The number of anilines is 4. The number of carbonyl (C=O) groups is 12. The number of nitriles is 1. The van der Waals surface area contributed by atoms with Gasteiger partial charge in [0, 0.05) is 70.8 Å². The second kappa shape index (κ2) is 38.5. The third-order valence-electron chi connectivity index (χ3n) is 21.4. The number of carbonyl (C=O) groups excluding carboxylic acids is 12. The molecular formula is C87H109N9O12. The first kappa shape index (κ1) is 83.4. The van der Waals surface area contributed by atoms with Crippen LogP contribution in [-0.2, 0) is 122 Å². The number of amides is 12. The van der Waals surface area contributed by atoms with E-state index in [1.807, 2.05) is 124 Å². The summed E-state index contributed by atoms with van der Waals surface area (Å²) in [5.41, 5.74) is 13.4. The van der Waals surface area contributed by atoms with Gasteiger partial charge in [0.1, 0.15) is 18.0 Å². The van der Waals surface area contributed by atoms with Gasteiger partial charge in [-0.15, -0.1) is 6.58 Å². The fourth-order valence-electron chi connectivity index (χ4n) is 15.8. The van der Waals surface area contributed by atoms with Gasteiger partial charge in [0.15, 0.2) is 0 Å². The van der Waals surface area contributed by atoms with Crippen LogP contribution >= 0.6 is 0 Å². The number of hydrogen-bond donors (Lipinski definition) is 2. The van der Waals surface area contributed by atoms with Crippen LogP contribution in [0.1, 0.15) is 214 Å². The summed E-state index contributed by atoms with van der Waals surface area (Å²) in [6.07, 6.45) is 20.1. The lowest BCUT2D eigenvalue weighted by atomic mass is 9.91.